The number of carbonyl (C=O) groups is 1. The molecule has 0 aromatic carbocycles. The van der Waals surface area contributed by atoms with E-state index < -0.39 is 12.0 Å². The number of aliphatic carboxylic acids is 1. The molecule has 1 aromatic rings. The van der Waals surface area contributed by atoms with Gasteiger partial charge in [-0.05, 0) is 30.9 Å². The Kier molecular flexibility index (Phi) is 2.81. The molecule has 2 atom stereocenters. The van der Waals surface area contributed by atoms with Gasteiger partial charge >= 0.3 is 5.97 Å². The Hall–Kier alpha value is -1.58. The molecule has 0 aliphatic carbocycles. The van der Waals surface area contributed by atoms with Gasteiger partial charge in [-0.15, -0.1) is 0 Å². The molecule has 0 amide bonds. The Morgan fingerprint density at radius 2 is 2.38 bits per heavy atom. The normalized spacial score (nSPS) is 24.8. The molecule has 1 aliphatic rings. The Morgan fingerprint density at radius 3 is 3.00 bits per heavy atom. The third kappa shape index (κ3) is 1.75. The summed E-state index contributed by atoms with van der Waals surface area (Å²) in [6.07, 6.45) is 4.42. The summed E-state index contributed by atoms with van der Waals surface area (Å²) in [6.45, 7) is 4.77. The predicted molar refractivity (Wildman–Crippen MR) is 61.5 cm³/mol. The van der Waals surface area contributed by atoms with Crippen LogP contribution in [-0.2, 0) is 4.79 Å². The van der Waals surface area contributed by atoms with Crippen LogP contribution in [0.2, 0.25) is 0 Å². The van der Waals surface area contributed by atoms with Gasteiger partial charge in [0, 0.05) is 24.6 Å². The van der Waals surface area contributed by atoms with Crippen molar-refractivity contribution in [2.24, 2.45) is 5.92 Å². The van der Waals surface area contributed by atoms with Crippen molar-refractivity contribution in [2.75, 3.05) is 11.4 Å². The summed E-state index contributed by atoms with van der Waals surface area (Å²) in [5, 5.41) is 9.25. The van der Waals surface area contributed by atoms with E-state index in [1.807, 2.05) is 24.8 Å². The Bertz CT molecular complexity index is 406. The molecule has 2 rings (SSSR count). The van der Waals surface area contributed by atoms with Crippen molar-refractivity contribution >= 4 is 11.7 Å². The summed E-state index contributed by atoms with van der Waals surface area (Å²) in [4.78, 5) is 17.3. The van der Waals surface area contributed by atoms with Crippen LogP contribution < -0.4 is 4.90 Å². The van der Waals surface area contributed by atoms with E-state index >= 15 is 0 Å². The first-order chi connectivity index (χ1) is 7.61. The molecule has 1 aromatic heterocycles. The third-order valence-electron chi connectivity index (χ3n) is 3.25. The molecule has 1 aliphatic heterocycles. The van der Waals surface area contributed by atoms with Crippen molar-refractivity contribution in [3.05, 3.63) is 24.0 Å². The number of aromatic nitrogens is 1. The summed E-state index contributed by atoms with van der Waals surface area (Å²) >= 11 is 0. The summed E-state index contributed by atoms with van der Waals surface area (Å²) in [7, 11) is 0. The highest BCUT2D eigenvalue weighted by Crippen LogP contribution is 2.31. The maximum atomic E-state index is 11.2. The molecule has 4 nitrogen and oxygen atoms in total. The van der Waals surface area contributed by atoms with Crippen molar-refractivity contribution < 1.29 is 9.90 Å². The topological polar surface area (TPSA) is 53.4 Å². The van der Waals surface area contributed by atoms with Crippen LogP contribution in [0.1, 0.15) is 18.9 Å². The first-order valence-electron chi connectivity index (χ1n) is 5.51. The number of hydrogen-bond acceptors (Lipinski definition) is 3. The van der Waals surface area contributed by atoms with Crippen LogP contribution in [0.15, 0.2) is 18.5 Å². The molecule has 2 unspecified atom stereocenters. The van der Waals surface area contributed by atoms with Crippen molar-refractivity contribution in [2.45, 2.75) is 26.3 Å². The standard InChI is InChI=1S/C12H16N2O2/c1-8-4-6-14(11(8)12(15)16)10-3-5-13-7-9(10)2/h3,5,7-8,11H,4,6H2,1-2H3,(H,15,16). The van der Waals surface area contributed by atoms with Gasteiger partial charge in [0.2, 0.25) is 0 Å². The van der Waals surface area contributed by atoms with Gasteiger partial charge in [-0.25, -0.2) is 4.79 Å². The number of nitrogens with zero attached hydrogens (tertiary/aromatic N) is 2. The van der Waals surface area contributed by atoms with Gasteiger partial charge in [0.1, 0.15) is 6.04 Å². The minimum atomic E-state index is -0.735. The third-order valence-corrected chi connectivity index (χ3v) is 3.25. The molecule has 0 spiro atoms. The molecule has 2 heterocycles. The lowest BCUT2D eigenvalue weighted by atomic mass is 10.0. The van der Waals surface area contributed by atoms with Gasteiger partial charge < -0.3 is 10.0 Å². The van der Waals surface area contributed by atoms with E-state index in [9.17, 15) is 9.90 Å². The van der Waals surface area contributed by atoms with Crippen LogP contribution in [0, 0.1) is 12.8 Å². The van der Waals surface area contributed by atoms with Crippen molar-refractivity contribution in [3.63, 3.8) is 0 Å². The maximum Gasteiger partial charge on any atom is 0.326 e. The van der Waals surface area contributed by atoms with E-state index in [1.165, 1.54) is 0 Å². The summed E-state index contributed by atoms with van der Waals surface area (Å²) in [5.41, 5.74) is 2.02. The molecule has 0 radical (unpaired) electrons. The molecule has 0 bridgehead atoms. The number of anilines is 1. The predicted octanol–water partition coefficient (Wildman–Crippen LogP) is 1.69. The van der Waals surface area contributed by atoms with E-state index in [2.05, 4.69) is 4.98 Å². The fraction of sp³-hybridized carbons (Fsp3) is 0.500. The number of aryl methyl sites for hydroxylation is 1. The highest BCUT2D eigenvalue weighted by atomic mass is 16.4. The molecule has 4 heteroatoms. The molecule has 0 saturated carbocycles. The summed E-state index contributed by atoms with van der Waals surface area (Å²) < 4.78 is 0. The molecular weight excluding hydrogens is 204 g/mol. The van der Waals surface area contributed by atoms with Gasteiger partial charge in [0.25, 0.3) is 0 Å². The Balaban J connectivity index is 2.34. The summed E-state index contributed by atoms with van der Waals surface area (Å²) in [5.74, 6) is -0.536. The Labute approximate surface area is 94.9 Å². The smallest absolute Gasteiger partial charge is 0.326 e. The average molecular weight is 220 g/mol. The highest BCUT2D eigenvalue weighted by molar-refractivity contribution is 5.79. The van der Waals surface area contributed by atoms with Crippen LogP contribution >= 0.6 is 0 Å². The van der Waals surface area contributed by atoms with E-state index in [4.69, 9.17) is 0 Å². The zero-order chi connectivity index (χ0) is 11.7. The first kappa shape index (κ1) is 10.9. The number of pyridine rings is 1. The van der Waals surface area contributed by atoms with Crippen molar-refractivity contribution in [3.8, 4) is 0 Å². The summed E-state index contributed by atoms with van der Waals surface area (Å²) in [6, 6.07) is 1.49. The first-order valence-corrected chi connectivity index (χ1v) is 5.51. The number of carboxylic acid groups (broad SMARTS) is 1. The molecule has 86 valence electrons. The van der Waals surface area contributed by atoms with Crippen LogP contribution in [0.4, 0.5) is 5.69 Å². The molecule has 16 heavy (non-hydrogen) atoms. The van der Waals surface area contributed by atoms with E-state index in [1.54, 1.807) is 12.4 Å². The second-order valence-corrected chi connectivity index (χ2v) is 4.40. The van der Waals surface area contributed by atoms with Crippen LogP contribution in [0.3, 0.4) is 0 Å². The highest BCUT2D eigenvalue weighted by Gasteiger charge is 2.37. The lowest BCUT2D eigenvalue weighted by Gasteiger charge is -2.26. The zero-order valence-electron chi connectivity index (χ0n) is 9.55. The fourth-order valence-electron chi connectivity index (χ4n) is 2.38. The Morgan fingerprint density at radius 1 is 1.62 bits per heavy atom. The SMILES string of the molecule is Cc1cnccc1N1CCC(C)C1C(=O)O. The molecule has 1 fully saturated rings. The largest absolute Gasteiger partial charge is 0.480 e. The van der Waals surface area contributed by atoms with Crippen LogP contribution in [-0.4, -0.2) is 28.6 Å². The fourth-order valence-corrected chi connectivity index (χ4v) is 2.38. The minimum absolute atomic E-state index is 0.199. The lowest BCUT2D eigenvalue weighted by Crippen LogP contribution is -2.39. The van der Waals surface area contributed by atoms with Crippen LogP contribution in [0.25, 0.3) is 0 Å². The van der Waals surface area contributed by atoms with Gasteiger partial charge in [-0.2, -0.15) is 0 Å². The van der Waals surface area contributed by atoms with Gasteiger partial charge in [0.15, 0.2) is 0 Å². The van der Waals surface area contributed by atoms with E-state index in [-0.39, 0.29) is 5.92 Å². The maximum absolute atomic E-state index is 11.2. The van der Waals surface area contributed by atoms with Crippen molar-refractivity contribution in [1.82, 2.24) is 4.98 Å². The number of rotatable bonds is 2. The zero-order valence-corrected chi connectivity index (χ0v) is 9.55. The number of carboxylic acids is 1. The van der Waals surface area contributed by atoms with Gasteiger partial charge in [-0.1, -0.05) is 6.92 Å². The van der Waals surface area contributed by atoms with E-state index in [0.717, 1.165) is 24.2 Å². The lowest BCUT2D eigenvalue weighted by molar-refractivity contribution is -0.139. The number of hydrogen-bond donors (Lipinski definition) is 1. The monoisotopic (exact) mass is 220 g/mol. The molecular formula is C12H16N2O2. The quantitative estimate of drug-likeness (QED) is 0.824. The van der Waals surface area contributed by atoms with E-state index in [0.29, 0.717) is 0 Å². The van der Waals surface area contributed by atoms with Gasteiger partial charge in [-0.3, -0.25) is 4.98 Å². The second-order valence-electron chi connectivity index (χ2n) is 4.40. The molecule has 1 N–H and O–H groups in total. The van der Waals surface area contributed by atoms with Gasteiger partial charge in [0.05, 0.1) is 0 Å². The van der Waals surface area contributed by atoms with Crippen LogP contribution in [0.5, 0.6) is 0 Å². The second kappa shape index (κ2) is 4.12. The molecule has 1 saturated heterocycles. The van der Waals surface area contributed by atoms with Crippen molar-refractivity contribution in [1.29, 1.82) is 0 Å². The minimum Gasteiger partial charge on any atom is -0.480 e. The average Bonchev–Trinajstić information content (AvgIpc) is 2.61.